The first-order valence-electron chi connectivity index (χ1n) is 8.78. The van der Waals surface area contributed by atoms with Crippen molar-refractivity contribution in [2.45, 2.75) is 31.7 Å². The fraction of sp³-hybridized carbons (Fsp3) is 0.286. The van der Waals surface area contributed by atoms with E-state index in [9.17, 15) is 4.79 Å². The normalized spacial score (nSPS) is 13.8. The van der Waals surface area contributed by atoms with Crippen LogP contribution in [-0.4, -0.2) is 24.0 Å². The van der Waals surface area contributed by atoms with Crippen molar-refractivity contribution in [2.24, 2.45) is 0 Å². The first-order valence-corrected chi connectivity index (χ1v) is 8.78. The predicted molar refractivity (Wildman–Crippen MR) is 99.8 cm³/mol. The molecule has 1 aliphatic rings. The lowest BCUT2D eigenvalue weighted by molar-refractivity contribution is -0.121. The molecule has 0 spiro atoms. The second kappa shape index (κ2) is 6.63. The second-order valence-corrected chi connectivity index (χ2v) is 6.59. The minimum atomic E-state index is 0.147. The molecule has 1 aromatic heterocycles. The number of amides is 1. The molecule has 0 radical (unpaired) electrons. The van der Waals surface area contributed by atoms with E-state index in [-0.39, 0.29) is 5.91 Å². The number of carbonyl (C=O) groups excluding carboxylic acids is 1. The molecule has 0 saturated heterocycles. The van der Waals surface area contributed by atoms with Crippen molar-refractivity contribution >= 4 is 16.8 Å². The van der Waals surface area contributed by atoms with Gasteiger partial charge in [-0.1, -0.05) is 18.2 Å². The third kappa shape index (κ3) is 3.38. The maximum Gasteiger partial charge on any atom is 0.220 e. The molecule has 4 heteroatoms. The van der Waals surface area contributed by atoms with Crippen LogP contribution >= 0.6 is 0 Å². The first-order chi connectivity index (χ1) is 12.2. The average Bonchev–Trinajstić information content (AvgIpc) is 3.38. The van der Waals surface area contributed by atoms with Crippen LogP contribution in [0.15, 0.2) is 48.5 Å². The highest BCUT2D eigenvalue weighted by Crippen LogP contribution is 2.32. The molecule has 0 bridgehead atoms. The molecule has 1 saturated carbocycles. The number of aromatic amines is 1. The number of rotatable bonds is 6. The summed E-state index contributed by atoms with van der Waals surface area (Å²) in [7, 11) is 1.67. The maximum absolute atomic E-state index is 12.1. The molecule has 0 atom stereocenters. The van der Waals surface area contributed by atoms with Crippen molar-refractivity contribution in [3.63, 3.8) is 0 Å². The van der Waals surface area contributed by atoms with Gasteiger partial charge in [0.15, 0.2) is 0 Å². The summed E-state index contributed by atoms with van der Waals surface area (Å²) in [5, 5.41) is 4.26. The van der Waals surface area contributed by atoms with Gasteiger partial charge >= 0.3 is 0 Å². The van der Waals surface area contributed by atoms with Gasteiger partial charge in [-0.05, 0) is 60.7 Å². The van der Waals surface area contributed by atoms with E-state index < -0.39 is 0 Å². The van der Waals surface area contributed by atoms with E-state index in [2.05, 4.69) is 34.6 Å². The van der Waals surface area contributed by atoms with Crippen LogP contribution < -0.4 is 10.1 Å². The van der Waals surface area contributed by atoms with Gasteiger partial charge in [0, 0.05) is 29.1 Å². The number of methoxy groups -OCH3 is 1. The molecule has 128 valence electrons. The number of ether oxygens (including phenoxy) is 1. The lowest BCUT2D eigenvalue weighted by atomic mass is 10.0. The van der Waals surface area contributed by atoms with Crippen molar-refractivity contribution in [2.75, 3.05) is 7.11 Å². The molecule has 1 amide bonds. The van der Waals surface area contributed by atoms with Gasteiger partial charge in [0.25, 0.3) is 0 Å². The number of H-pyrrole nitrogens is 1. The second-order valence-electron chi connectivity index (χ2n) is 6.59. The summed E-state index contributed by atoms with van der Waals surface area (Å²) in [5.41, 5.74) is 4.50. The number of benzene rings is 2. The number of hydrogen-bond acceptors (Lipinski definition) is 2. The third-order valence-electron chi connectivity index (χ3n) is 4.74. The Bertz CT molecular complexity index is 892. The summed E-state index contributed by atoms with van der Waals surface area (Å²) in [6.07, 6.45) is 3.48. The molecule has 1 fully saturated rings. The van der Waals surface area contributed by atoms with Crippen molar-refractivity contribution in [1.29, 1.82) is 0 Å². The Labute approximate surface area is 147 Å². The summed E-state index contributed by atoms with van der Waals surface area (Å²) >= 11 is 0. The van der Waals surface area contributed by atoms with Gasteiger partial charge in [0.1, 0.15) is 5.75 Å². The summed E-state index contributed by atoms with van der Waals surface area (Å²) in [4.78, 5) is 15.6. The first kappa shape index (κ1) is 15.8. The van der Waals surface area contributed by atoms with Gasteiger partial charge in [-0.3, -0.25) is 4.79 Å². The highest BCUT2D eigenvalue weighted by molar-refractivity contribution is 5.91. The number of carbonyl (C=O) groups is 1. The topological polar surface area (TPSA) is 54.1 Å². The minimum absolute atomic E-state index is 0.147. The van der Waals surface area contributed by atoms with Crippen LogP contribution in [-0.2, 0) is 11.2 Å². The number of aryl methyl sites for hydroxylation is 1. The quantitative estimate of drug-likeness (QED) is 0.714. The van der Waals surface area contributed by atoms with Crippen LogP contribution in [0.2, 0.25) is 0 Å². The molecule has 2 aromatic carbocycles. The van der Waals surface area contributed by atoms with E-state index in [0.29, 0.717) is 12.5 Å². The van der Waals surface area contributed by atoms with E-state index in [4.69, 9.17) is 4.74 Å². The number of hydrogen-bond donors (Lipinski definition) is 2. The van der Waals surface area contributed by atoms with E-state index in [1.807, 2.05) is 24.3 Å². The van der Waals surface area contributed by atoms with Crippen molar-refractivity contribution in [3.05, 3.63) is 54.1 Å². The molecule has 3 aromatic rings. The Kier molecular flexibility index (Phi) is 4.18. The molecule has 4 nitrogen and oxygen atoms in total. The SMILES string of the molecule is COc1ccc(-c2[nH]c3ccccc3c2CCC(=O)NC2CC2)cc1. The molecule has 0 aliphatic heterocycles. The fourth-order valence-corrected chi connectivity index (χ4v) is 3.23. The zero-order valence-electron chi connectivity index (χ0n) is 14.3. The van der Waals surface area contributed by atoms with Gasteiger partial charge in [0.05, 0.1) is 7.11 Å². The summed E-state index contributed by atoms with van der Waals surface area (Å²) in [6, 6.07) is 16.7. The third-order valence-corrected chi connectivity index (χ3v) is 4.74. The Balaban J connectivity index is 1.65. The highest BCUT2D eigenvalue weighted by Gasteiger charge is 2.23. The largest absolute Gasteiger partial charge is 0.497 e. The van der Waals surface area contributed by atoms with Gasteiger partial charge in [0.2, 0.25) is 5.91 Å². The summed E-state index contributed by atoms with van der Waals surface area (Å²) in [6.45, 7) is 0. The monoisotopic (exact) mass is 334 g/mol. The molecule has 1 heterocycles. The standard InChI is InChI=1S/C21H22N2O2/c1-25-16-10-6-14(7-11-16)21-18(12-13-20(24)22-15-8-9-15)17-4-2-3-5-19(17)23-21/h2-7,10-11,15,23H,8-9,12-13H2,1H3,(H,22,24). The Hall–Kier alpha value is -2.75. The van der Waals surface area contributed by atoms with Crippen LogP contribution in [0.4, 0.5) is 0 Å². The lowest BCUT2D eigenvalue weighted by Crippen LogP contribution is -2.25. The Morgan fingerprint density at radius 2 is 1.92 bits per heavy atom. The van der Waals surface area contributed by atoms with Crippen LogP contribution in [0, 0.1) is 0 Å². The predicted octanol–water partition coefficient (Wildman–Crippen LogP) is 4.05. The molecule has 0 unspecified atom stereocenters. The van der Waals surface area contributed by atoms with Crippen molar-refractivity contribution in [1.82, 2.24) is 10.3 Å². The summed E-state index contributed by atoms with van der Waals surface area (Å²) < 4.78 is 5.25. The van der Waals surface area contributed by atoms with E-state index >= 15 is 0 Å². The van der Waals surface area contributed by atoms with Crippen molar-refractivity contribution < 1.29 is 9.53 Å². The van der Waals surface area contributed by atoms with E-state index in [1.165, 1.54) is 10.9 Å². The van der Waals surface area contributed by atoms with Crippen molar-refractivity contribution in [3.8, 4) is 17.0 Å². The maximum atomic E-state index is 12.1. The number of nitrogens with one attached hydrogen (secondary N) is 2. The molecular formula is C21H22N2O2. The van der Waals surface area contributed by atoms with Gasteiger partial charge in [-0.25, -0.2) is 0 Å². The molecule has 25 heavy (non-hydrogen) atoms. The Morgan fingerprint density at radius 3 is 2.64 bits per heavy atom. The smallest absolute Gasteiger partial charge is 0.220 e. The van der Waals surface area contributed by atoms with Crippen LogP contribution in [0.1, 0.15) is 24.8 Å². The van der Waals surface area contributed by atoms with Crippen LogP contribution in [0.5, 0.6) is 5.75 Å². The molecular weight excluding hydrogens is 312 g/mol. The number of para-hydroxylation sites is 1. The zero-order chi connectivity index (χ0) is 17.2. The van der Waals surface area contributed by atoms with Crippen LogP contribution in [0.3, 0.4) is 0 Å². The average molecular weight is 334 g/mol. The van der Waals surface area contributed by atoms with Gasteiger partial charge in [-0.15, -0.1) is 0 Å². The minimum Gasteiger partial charge on any atom is -0.497 e. The van der Waals surface area contributed by atoms with Gasteiger partial charge < -0.3 is 15.0 Å². The zero-order valence-corrected chi connectivity index (χ0v) is 14.3. The fourth-order valence-electron chi connectivity index (χ4n) is 3.23. The summed E-state index contributed by atoms with van der Waals surface area (Å²) in [5.74, 6) is 0.985. The van der Waals surface area contributed by atoms with E-state index in [1.54, 1.807) is 7.11 Å². The lowest BCUT2D eigenvalue weighted by Gasteiger charge is -2.07. The highest BCUT2D eigenvalue weighted by atomic mass is 16.5. The Morgan fingerprint density at radius 1 is 1.16 bits per heavy atom. The van der Waals surface area contributed by atoms with Crippen LogP contribution in [0.25, 0.3) is 22.2 Å². The van der Waals surface area contributed by atoms with E-state index in [0.717, 1.165) is 41.8 Å². The molecule has 1 aliphatic carbocycles. The molecule has 4 rings (SSSR count). The number of aromatic nitrogens is 1. The van der Waals surface area contributed by atoms with Gasteiger partial charge in [-0.2, -0.15) is 0 Å². The molecule has 2 N–H and O–H groups in total. The number of fused-ring (bicyclic) bond motifs is 1.